The van der Waals surface area contributed by atoms with E-state index < -0.39 is 27.8 Å². The number of methoxy groups -OCH3 is 1. The Hall–Kier alpha value is -3.11. The van der Waals surface area contributed by atoms with Crippen LogP contribution in [0.4, 0.5) is 4.79 Å². The van der Waals surface area contributed by atoms with Gasteiger partial charge in [0, 0.05) is 43.8 Å². The summed E-state index contributed by atoms with van der Waals surface area (Å²) in [6, 6.07) is 13.3. The number of rotatable bonds is 7. The van der Waals surface area contributed by atoms with Crippen LogP contribution >= 0.6 is 0 Å². The highest BCUT2D eigenvalue weighted by molar-refractivity contribution is 7.89. The van der Waals surface area contributed by atoms with Crippen molar-refractivity contribution in [2.24, 2.45) is 0 Å². The SMILES string of the molecule is COc1ccc(S(=O)(=O)N(Cc2ccc(C(=O)N3CCCC3C)cc2)C2CCCN(C(=O)OC(C)(C)C)C2)cc1. The molecular weight excluding hydrogens is 530 g/mol. The highest BCUT2D eigenvalue weighted by Gasteiger charge is 2.37. The number of sulfonamides is 1. The molecular formula is C30H41N3O6S. The van der Waals surface area contributed by atoms with Crippen molar-refractivity contribution in [2.75, 3.05) is 26.7 Å². The zero-order valence-electron chi connectivity index (χ0n) is 24.1. The van der Waals surface area contributed by atoms with Crippen molar-refractivity contribution in [1.29, 1.82) is 0 Å². The van der Waals surface area contributed by atoms with Crippen molar-refractivity contribution < 1.29 is 27.5 Å². The van der Waals surface area contributed by atoms with Gasteiger partial charge in [-0.25, -0.2) is 13.2 Å². The number of nitrogens with zero attached hydrogens (tertiary/aromatic N) is 3. The molecule has 2 heterocycles. The largest absolute Gasteiger partial charge is 0.497 e. The van der Waals surface area contributed by atoms with E-state index in [1.165, 1.54) is 23.5 Å². The van der Waals surface area contributed by atoms with Crippen LogP contribution < -0.4 is 4.74 Å². The van der Waals surface area contributed by atoms with Gasteiger partial charge in [-0.1, -0.05) is 12.1 Å². The Bertz CT molecular complexity index is 1290. The summed E-state index contributed by atoms with van der Waals surface area (Å²) in [5.74, 6) is 0.561. The molecule has 40 heavy (non-hydrogen) atoms. The Labute approximate surface area is 238 Å². The van der Waals surface area contributed by atoms with E-state index in [-0.39, 0.29) is 29.9 Å². The average molecular weight is 572 g/mol. The Morgan fingerprint density at radius 3 is 2.20 bits per heavy atom. The lowest BCUT2D eigenvalue weighted by Gasteiger charge is -2.39. The highest BCUT2D eigenvalue weighted by atomic mass is 32.2. The molecule has 2 saturated heterocycles. The van der Waals surface area contributed by atoms with E-state index in [0.717, 1.165) is 24.9 Å². The Morgan fingerprint density at radius 1 is 0.975 bits per heavy atom. The first-order chi connectivity index (χ1) is 18.9. The van der Waals surface area contributed by atoms with E-state index in [2.05, 4.69) is 6.92 Å². The second-order valence-corrected chi connectivity index (χ2v) is 13.5. The highest BCUT2D eigenvalue weighted by Crippen LogP contribution is 2.28. The maximum atomic E-state index is 14.0. The van der Waals surface area contributed by atoms with Crippen molar-refractivity contribution in [3.63, 3.8) is 0 Å². The fourth-order valence-corrected chi connectivity index (χ4v) is 6.94. The zero-order chi connectivity index (χ0) is 29.1. The number of hydrogen-bond donors (Lipinski definition) is 0. The van der Waals surface area contributed by atoms with E-state index in [0.29, 0.717) is 30.7 Å². The van der Waals surface area contributed by atoms with Crippen molar-refractivity contribution in [2.45, 2.75) is 82.5 Å². The molecule has 0 N–H and O–H groups in total. The predicted molar refractivity (Wildman–Crippen MR) is 153 cm³/mol. The second-order valence-electron chi connectivity index (χ2n) is 11.6. The number of amides is 2. The van der Waals surface area contributed by atoms with Crippen LogP contribution in [-0.2, 0) is 21.3 Å². The lowest BCUT2D eigenvalue weighted by molar-refractivity contribution is 0.0152. The fourth-order valence-electron chi connectivity index (χ4n) is 5.31. The van der Waals surface area contributed by atoms with Crippen LogP contribution in [0.1, 0.15) is 69.3 Å². The van der Waals surface area contributed by atoms with Gasteiger partial charge in [-0.3, -0.25) is 4.79 Å². The van der Waals surface area contributed by atoms with Gasteiger partial charge >= 0.3 is 6.09 Å². The van der Waals surface area contributed by atoms with Crippen molar-refractivity contribution in [1.82, 2.24) is 14.1 Å². The molecule has 0 spiro atoms. The maximum Gasteiger partial charge on any atom is 0.410 e. The smallest absolute Gasteiger partial charge is 0.410 e. The lowest BCUT2D eigenvalue weighted by Crippen LogP contribution is -2.52. The summed E-state index contributed by atoms with van der Waals surface area (Å²) < 4.78 is 40.3. The second kappa shape index (κ2) is 12.2. The van der Waals surface area contributed by atoms with Crippen LogP contribution in [0.25, 0.3) is 0 Å². The summed E-state index contributed by atoms with van der Waals surface area (Å²) in [7, 11) is -2.40. The van der Waals surface area contributed by atoms with Gasteiger partial charge in [-0.15, -0.1) is 0 Å². The van der Waals surface area contributed by atoms with E-state index in [4.69, 9.17) is 9.47 Å². The molecule has 2 aromatic rings. The molecule has 0 aliphatic carbocycles. The minimum Gasteiger partial charge on any atom is -0.497 e. The van der Waals surface area contributed by atoms with Gasteiger partial charge in [0.15, 0.2) is 0 Å². The molecule has 2 atom stereocenters. The standard InChI is InChI=1S/C30H41N3O6S/c1-22-8-6-19-32(22)28(34)24-12-10-23(11-13-24)20-33(40(36,37)27-16-14-26(38-5)15-17-27)25-9-7-18-31(21-25)29(35)39-30(2,3)4/h10-17,22,25H,6-9,18-21H2,1-5H3. The molecule has 2 unspecified atom stereocenters. The number of piperidine rings is 1. The topological polar surface area (TPSA) is 96.5 Å². The van der Waals surface area contributed by atoms with E-state index in [1.54, 1.807) is 29.2 Å². The lowest BCUT2D eigenvalue weighted by atomic mass is 10.0. The van der Waals surface area contributed by atoms with E-state index in [1.807, 2.05) is 37.8 Å². The molecule has 2 aliphatic heterocycles. The van der Waals surface area contributed by atoms with Crippen molar-refractivity contribution in [3.05, 3.63) is 59.7 Å². The predicted octanol–water partition coefficient (Wildman–Crippen LogP) is 4.91. The molecule has 4 rings (SSSR count). The summed E-state index contributed by atoms with van der Waals surface area (Å²) in [4.78, 5) is 29.5. The minimum atomic E-state index is -3.93. The molecule has 10 heteroatoms. The van der Waals surface area contributed by atoms with Crippen LogP contribution in [0.2, 0.25) is 0 Å². The molecule has 0 bridgehead atoms. The normalized spacial score (nSPS) is 20.1. The van der Waals surface area contributed by atoms with E-state index in [9.17, 15) is 18.0 Å². The maximum absolute atomic E-state index is 14.0. The van der Waals surface area contributed by atoms with Crippen molar-refractivity contribution >= 4 is 22.0 Å². The van der Waals surface area contributed by atoms with Gasteiger partial charge in [-0.05, 0) is 95.3 Å². The number of likely N-dealkylation sites (tertiary alicyclic amines) is 2. The molecule has 0 saturated carbocycles. The monoisotopic (exact) mass is 571 g/mol. The summed E-state index contributed by atoms with van der Waals surface area (Å²) >= 11 is 0. The van der Waals surface area contributed by atoms with Crippen LogP contribution in [-0.4, -0.2) is 79.0 Å². The number of benzene rings is 2. The minimum absolute atomic E-state index is 0.000423. The van der Waals surface area contributed by atoms with E-state index >= 15 is 0 Å². The van der Waals surface area contributed by atoms with Gasteiger partial charge < -0.3 is 19.3 Å². The summed E-state index contributed by atoms with van der Waals surface area (Å²) in [5, 5.41) is 0. The number of hydrogen-bond acceptors (Lipinski definition) is 6. The van der Waals surface area contributed by atoms with Crippen molar-refractivity contribution in [3.8, 4) is 5.75 Å². The van der Waals surface area contributed by atoms with Gasteiger partial charge in [0.1, 0.15) is 11.4 Å². The molecule has 2 amide bonds. The quantitative estimate of drug-likeness (QED) is 0.469. The van der Waals surface area contributed by atoms with Gasteiger partial charge in [0.2, 0.25) is 10.0 Å². The van der Waals surface area contributed by atoms with Gasteiger partial charge in [0.25, 0.3) is 5.91 Å². The molecule has 9 nitrogen and oxygen atoms in total. The molecule has 218 valence electrons. The summed E-state index contributed by atoms with van der Waals surface area (Å²) in [6.45, 7) is 9.09. The van der Waals surface area contributed by atoms with Crippen LogP contribution in [0, 0.1) is 0 Å². The average Bonchev–Trinajstić information content (AvgIpc) is 3.36. The molecule has 2 aromatic carbocycles. The summed E-state index contributed by atoms with van der Waals surface area (Å²) in [5.41, 5.74) is 0.707. The summed E-state index contributed by atoms with van der Waals surface area (Å²) in [6.07, 6.45) is 2.82. The molecule has 0 aromatic heterocycles. The van der Waals surface area contributed by atoms with Crippen LogP contribution in [0.5, 0.6) is 5.75 Å². The third-order valence-corrected chi connectivity index (χ3v) is 9.39. The third-order valence-electron chi connectivity index (χ3n) is 7.47. The third kappa shape index (κ3) is 6.96. The first kappa shape index (κ1) is 29.9. The zero-order valence-corrected chi connectivity index (χ0v) is 24.9. The Kier molecular flexibility index (Phi) is 9.09. The van der Waals surface area contributed by atoms with Crippen LogP contribution in [0.15, 0.2) is 53.4 Å². The molecule has 2 aliphatic rings. The molecule has 2 fully saturated rings. The number of carbonyl (C=O) groups excluding carboxylic acids is 2. The van der Waals surface area contributed by atoms with Gasteiger partial charge in [-0.2, -0.15) is 4.31 Å². The Balaban J connectivity index is 1.60. The molecule has 0 radical (unpaired) electrons. The Morgan fingerprint density at radius 2 is 1.62 bits per heavy atom. The first-order valence-corrected chi connectivity index (χ1v) is 15.4. The van der Waals surface area contributed by atoms with Crippen LogP contribution in [0.3, 0.4) is 0 Å². The van der Waals surface area contributed by atoms with Gasteiger partial charge in [0.05, 0.1) is 12.0 Å². The first-order valence-electron chi connectivity index (χ1n) is 13.9. The number of carbonyl (C=O) groups is 2. The number of ether oxygens (including phenoxy) is 2. The fraction of sp³-hybridized carbons (Fsp3) is 0.533.